The van der Waals surface area contributed by atoms with E-state index in [0.717, 1.165) is 0 Å². The van der Waals surface area contributed by atoms with Gasteiger partial charge >= 0.3 is 5.97 Å². The Balaban J connectivity index is 1.98. The summed E-state index contributed by atoms with van der Waals surface area (Å²) < 4.78 is 23.3. The molecule has 5 heteroatoms. The molecule has 0 amide bonds. The predicted octanol–water partition coefficient (Wildman–Crippen LogP) is 1.71. The van der Waals surface area contributed by atoms with Crippen LogP contribution in [-0.2, 0) is 14.3 Å². The number of carbonyl (C=O) groups is 1. The van der Waals surface area contributed by atoms with Crippen molar-refractivity contribution >= 4 is 5.97 Å². The van der Waals surface area contributed by atoms with Gasteiger partial charge in [-0.2, -0.15) is 0 Å². The first-order chi connectivity index (χ1) is 7.65. The van der Waals surface area contributed by atoms with Crippen molar-refractivity contribution in [3.05, 3.63) is 35.6 Å². The van der Waals surface area contributed by atoms with Crippen LogP contribution in [0.25, 0.3) is 0 Å². The van der Waals surface area contributed by atoms with E-state index in [1.165, 1.54) is 12.1 Å². The molecule has 0 bridgehead atoms. The van der Waals surface area contributed by atoms with Crippen molar-refractivity contribution in [2.24, 2.45) is 0 Å². The quantitative estimate of drug-likeness (QED) is 0.852. The van der Waals surface area contributed by atoms with Crippen LogP contribution in [0.4, 0.5) is 4.39 Å². The van der Waals surface area contributed by atoms with Crippen LogP contribution in [0, 0.1) is 5.82 Å². The van der Waals surface area contributed by atoms with Gasteiger partial charge in [-0.05, 0) is 12.1 Å². The Hall–Kier alpha value is -1.46. The van der Waals surface area contributed by atoms with Crippen LogP contribution in [0.15, 0.2) is 24.3 Å². The number of carboxylic acids is 1. The van der Waals surface area contributed by atoms with Crippen molar-refractivity contribution in [1.82, 2.24) is 0 Å². The molecule has 1 fully saturated rings. The molecule has 1 N–H and O–H groups in total. The first-order valence-corrected chi connectivity index (χ1v) is 4.89. The Labute approximate surface area is 91.6 Å². The van der Waals surface area contributed by atoms with Crippen LogP contribution in [0.5, 0.6) is 0 Å². The minimum absolute atomic E-state index is 0.0856. The van der Waals surface area contributed by atoms with Crippen LogP contribution in [0.1, 0.15) is 18.3 Å². The fourth-order valence-electron chi connectivity index (χ4n) is 1.54. The standard InChI is InChI=1S/C11H11FO4/c12-8-3-1-7(2-4-8)11-15-6-9(16-11)5-10(13)14/h1-4,9,11H,5-6H2,(H,13,14). The molecule has 4 nitrogen and oxygen atoms in total. The molecule has 2 rings (SSSR count). The summed E-state index contributed by atoms with van der Waals surface area (Å²) in [6.45, 7) is 0.244. The number of aliphatic carboxylic acids is 1. The fraction of sp³-hybridized carbons (Fsp3) is 0.364. The van der Waals surface area contributed by atoms with Crippen LogP contribution in [0.3, 0.4) is 0 Å². The van der Waals surface area contributed by atoms with Gasteiger partial charge in [0.25, 0.3) is 0 Å². The van der Waals surface area contributed by atoms with Gasteiger partial charge in [-0.25, -0.2) is 4.39 Å². The van der Waals surface area contributed by atoms with Gasteiger partial charge in [0.05, 0.1) is 19.1 Å². The summed E-state index contributed by atoms with van der Waals surface area (Å²) in [5.74, 6) is -1.25. The van der Waals surface area contributed by atoms with Gasteiger partial charge in [0.2, 0.25) is 0 Å². The van der Waals surface area contributed by atoms with E-state index >= 15 is 0 Å². The third-order valence-electron chi connectivity index (χ3n) is 2.29. The SMILES string of the molecule is O=C(O)CC1COC(c2ccc(F)cc2)O1. The maximum atomic E-state index is 12.7. The van der Waals surface area contributed by atoms with Gasteiger partial charge < -0.3 is 14.6 Å². The van der Waals surface area contributed by atoms with Gasteiger partial charge in [-0.15, -0.1) is 0 Å². The summed E-state index contributed by atoms with van der Waals surface area (Å²) in [6.07, 6.45) is -1.12. The summed E-state index contributed by atoms with van der Waals surface area (Å²) in [6, 6.07) is 5.74. The molecule has 1 saturated heterocycles. The van der Waals surface area contributed by atoms with E-state index in [1.54, 1.807) is 12.1 Å². The molecule has 1 aromatic rings. The van der Waals surface area contributed by atoms with E-state index in [0.29, 0.717) is 5.56 Å². The molecule has 0 spiro atoms. The van der Waals surface area contributed by atoms with Crippen LogP contribution < -0.4 is 0 Å². The molecular formula is C11H11FO4. The Kier molecular flexibility index (Phi) is 3.17. The molecule has 2 atom stereocenters. The minimum Gasteiger partial charge on any atom is -0.481 e. The number of hydrogen-bond acceptors (Lipinski definition) is 3. The number of halogens is 1. The van der Waals surface area contributed by atoms with E-state index in [4.69, 9.17) is 14.6 Å². The monoisotopic (exact) mass is 226 g/mol. The van der Waals surface area contributed by atoms with Gasteiger partial charge in [0.1, 0.15) is 5.82 Å². The average molecular weight is 226 g/mol. The second-order valence-electron chi connectivity index (χ2n) is 3.57. The maximum absolute atomic E-state index is 12.7. The molecule has 1 aliphatic heterocycles. The Morgan fingerprint density at radius 2 is 2.12 bits per heavy atom. The molecule has 0 aromatic heterocycles. The zero-order valence-corrected chi connectivity index (χ0v) is 8.43. The highest BCUT2D eigenvalue weighted by Crippen LogP contribution is 2.28. The Morgan fingerprint density at radius 1 is 1.44 bits per heavy atom. The summed E-state index contributed by atoms with van der Waals surface area (Å²) in [5, 5.41) is 8.58. The van der Waals surface area contributed by atoms with Crippen molar-refractivity contribution in [3.8, 4) is 0 Å². The highest BCUT2D eigenvalue weighted by molar-refractivity contribution is 5.67. The molecule has 0 radical (unpaired) electrons. The molecule has 1 aliphatic rings. The summed E-state index contributed by atoms with van der Waals surface area (Å²) in [7, 11) is 0. The third-order valence-corrected chi connectivity index (χ3v) is 2.29. The lowest BCUT2D eigenvalue weighted by Gasteiger charge is -2.10. The molecule has 0 saturated carbocycles. The molecule has 1 aromatic carbocycles. The van der Waals surface area contributed by atoms with Crippen LogP contribution in [-0.4, -0.2) is 23.8 Å². The minimum atomic E-state index is -0.923. The number of ether oxygens (including phenoxy) is 2. The second kappa shape index (κ2) is 4.59. The van der Waals surface area contributed by atoms with Crippen molar-refractivity contribution < 1.29 is 23.8 Å². The summed E-state index contributed by atoms with van der Waals surface area (Å²) >= 11 is 0. The second-order valence-corrected chi connectivity index (χ2v) is 3.57. The van der Waals surface area contributed by atoms with Crippen LogP contribution in [0.2, 0.25) is 0 Å². The summed E-state index contributed by atoms with van der Waals surface area (Å²) in [5.41, 5.74) is 0.689. The average Bonchev–Trinajstić information content (AvgIpc) is 2.66. The predicted molar refractivity (Wildman–Crippen MR) is 52.2 cm³/mol. The smallest absolute Gasteiger partial charge is 0.306 e. The van der Waals surface area contributed by atoms with Crippen LogP contribution >= 0.6 is 0 Å². The largest absolute Gasteiger partial charge is 0.481 e. The molecule has 86 valence electrons. The number of hydrogen-bond donors (Lipinski definition) is 1. The molecule has 1 heterocycles. The lowest BCUT2D eigenvalue weighted by molar-refractivity contribution is -0.140. The molecule has 0 aliphatic carbocycles. The zero-order valence-electron chi connectivity index (χ0n) is 8.43. The Bertz CT molecular complexity index is 376. The van der Waals surface area contributed by atoms with E-state index in [1.807, 2.05) is 0 Å². The fourth-order valence-corrected chi connectivity index (χ4v) is 1.54. The van der Waals surface area contributed by atoms with Crippen molar-refractivity contribution in [1.29, 1.82) is 0 Å². The Morgan fingerprint density at radius 3 is 2.75 bits per heavy atom. The zero-order chi connectivity index (χ0) is 11.5. The van der Waals surface area contributed by atoms with Gasteiger partial charge in [0, 0.05) is 5.56 Å². The summed E-state index contributed by atoms with van der Waals surface area (Å²) in [4.78, 5) is 10.5. The number of rotatable bonds is 3. The van der Waals surface area contributed by atoms with E-state index in [9.17, 15) is 9.18 Å². The topological polar surface area (TPSA) is 55.8 Å². The van der Waals surface area contributed by atoms with Crippen molar-refractivity contribution in [3.63, 3.8) is 0 Å². The maximum Gasteiger partial charge on any atom is 0.306 e. The van der Waals surface area contributed by atoms with E-state index < -0.39 is 18.4 Å². The first-order valence-electron chi connectivity index (χ1n) is 4.89. The van der Waals surface area contributed by atoms with Crippen molar-refractivity contribution in [2.45, 2.75) is 18.8 Å². The van der Waals surface area contributed by atoms with E-state index in [-0.39, 0.29) is 18.8 Å². The molecule has 16 heavy (non-hydrogen) atoms. The number of carboxylic acid groups (broad SMARTS) is 1. The highest BCUT2D eigenvalue weighted by Gasteiger charge is 2.28. The molecular weight excluding hydrogens is 215 g/mol. The normalized spacial score (nSPS) is 24.6. The van der Waals surface area contributed by atoms with Crippen molar-refractivity contribution in [2.75, 3.05) is 6.61 Å². The highest BCUT2D eigenvalue weighted by atomic mass is 19.1. The number of benzene rings is 1. The van der Waals surface area contributed by atoms with Gasteiger partial charge in [-0.1, -0.05) is 12.1 Å². The third kappa shape index (κ3) is 2.56. The van der Waals surface area contributed by atoms with Gasteiger partial charge in [0.15, 0.2) is 6.29 Å². The van der Waals surface area contributed by atoms with E-state index in [2.05, 4.69) is 0 Å². The first kappa shape index (κ1) is 11.0. The lowest BCUT2D eigenvalue weighted by atomic mass is 10.2. The molecule has 2 unspecified atom stereocenters. The lowest BCUT2D eigenvalue weighted by Crippen LogP contribution is -2.15. The van der Waals surface area contributed by atoms with Gasteiger partial charge in [-0.3, -0.25) is 4.79 Å².